The monoisotopic (exact) mass is 407 g/mol. The number of fused-ring (bicyclic) bond motifs is 1. The number of carboxylic acid groups (broad SMARTS) is 1. The minimum atomic E-state index is -0.739. The van der Waals surface area contributed by atoms with Crippen LogP contribution in [0.15, 0.2) is 60.7 Å². The van der Waals surface area contributed by atoms with Gasteiger partial charge in [0.1, 0.15) is 5.75 Å². The van der Waals surface area contributed by atoms with Crippen molar-refractivity contribution in [1.29, 1.82) is 0 Å². The minimum absolute atomic E-state index is 0.122. The van der Waals surface area contributed by atoms with Gasteiger partial charge in [-0.2, -0.15) is 0 Å². The molecule has 5 heteroatoms. The average Bonchev–Trinajstić information content (AvgIpc) is 3.10. The number of aliphatic carboxylic acids is 1. The van der Waals surface area contributed by atoms with E-state index < -0.39 is 5.97 Å². The molecule has 0 spiro atoms. The highest BCUT2D eigenvalue weighted by Crippen LogP contribution is 2.37. The molecule has 1 aromatic heterocycles. The van der Waals surface area contributed by atoms with Crippen molar-refractivity contribution in [2.24, 2.45) is 0 Å². The van der Waals surface area contributed by atoms with Crippen molar-refractivity contribution in [3.8, 4) is 17.0 Å². The molecule has 2 aromatic carbocycles. The van der Waals surface area contributed by atoms with Crippen molar-refractivity contribution < 1.29 is 14.6 Å². The number of ether oxygens (including phenoxy) is 1. The van der Waals surface area contributed by atoms with Crippen molar-refractivity contribution in [1.82, 2.24) is 4.98 Å². The third kappa shape index (κ3) is 4.77. The molecule has 1 aliphatic rings. The van der Waals surface area contributed by atoms with Crippen LogP contribution in [0.25, 0.3) is 11.3 Å². The molecule has 0 radical (unpaired) electrons. The molecule has 1 N–H and O–H groups in total. The fourth-order valence-corrected chi connectivity index (χ4v) is 3.99. The highest BCUT2D eigenvalue weighted by atomic mass is 35.5. The quantitative estimate of drug-likeness (QED) is 0.559. The maximum Gasteiger partial charge on any atom is 0.303 e. The van der Waals surface area contributed by atoms with Crippen LogP contribution in [0.4, 0.5) is 0 Å². The van der Waals surface area contributed by atoms with Crippen molar-refractivity contribution in [3.63, 3.8) is 0 Å². The number of carbonyl (C=O) groups is 1. The Hall–Kier alpha value is -2.85. The van der Waals surface area contributed by atoms with Crippen molar-refractivity contribution >= 4 is 17.6 Å². The van der Waals surface area contributed by atoms with Crippen LogP contribution < -0.4 is 4.74 Å². The highest BCUT2D eigenvalue weighted by Gasteiger charge is 2.24. The molecule has 29 heavy (non-hydrogen) atoms. The second kappa shape index (κ2) is 8.66. The zero-order chi connectivity index (χ0) is 20.2. The Labute approximate surface area is 175 Å². The summed E-state index contributed by atoms with van der Waals surface area (Å²) in [7, 11) is 0. The molecule has 1 atom stereocenters. The zero-order valence-electron chi connectivity index (χ0n) is 16.0. The van der Waals surface area contributed by atoms with Gasteiger partial charge in [-0.1, -0.05) is 35.9 Å². The minimum Gasteiger partial charge on any atom is -0.493 e. The van der Waals surface area contributed by atoms with Crippen LogP contribution in [0.3, 0.4) is 0 Å². The van der Waals surface area contributed by atoms with Gasteiger partial charge in [0, 0.05) is 22.7 Å². The summed E-state index contributed by atoms with van der Waals surface area (Å²) in [5.74, 6) is 0.210. The summed E-state index contributed by atoms with van der Waals surface area (Å²) in [6.45, 7) is 0.536. The Morgan fingerprint density at radius 3 is 2.76 bits per heavy atom. The zero-order valence-corrected chi connectivity index (χ0v) is 16.7. The molecular weight excluding hydrogens is 386 g/mol. The fourth-order valence-electron chi connectivity index (χ4n) is 3.87. The van der Waals surface area contributed by atoms with Gasteiger partial charge in [0.25, 0.3) is 0 Å². The highest BCUT2D eigenvalue weighted by molar-refractivity contribution is 6.30. The van der Waals surface area contributed by atoms with E-state index >= 15 is 0 Å². The van der Waals surface area contributed by atoms with Crippen LogP contribution in [-0.2, 0) is 17.6 Å². The fraction of sp³-hybridized carbons (Fsp3) is 0.250. The maximum atomic E-state index is 11.0. The topological polar surface area (TPSA) is 59.4 Å². The molecule has 0 saturated carbocycles. The summed E-state index contributed by atoms with van der Waals surface area (Å²) >= 11 is 5.96. The smallest absolute Gasteiger partial charge is 0.303 e. The SMILES string of the molecule is O=C(O)C[C@@H]1CCc2cc(OCCc3cccc(-c4ccc(Cl)cc4)n3)ccc21. The lowest BCUT2D eigenvalue weighted by atomic mass is 9.98. The first-order valence-corrected chi connectivity index (χ1v) is 10.2. The maximum absolute atomic E-state index is 11.0. The molecule has 4 nitrogen and oxygen atoms in total. The number of aryl methyl sites for hydroxylation is 1. The number of aromatic nitrogens is 1. The molecule has 1 aliphatic carbocycles. The normalized spacial score (nSPS) is 15.1. The number of halogens is 1. The summed E-state index contributed by atoms with van der Waals surface area (Å²) in [5.41, 5.74) is 5.28. The first kappa shape index (κ1) is 19.5. The lowest BCUT2D eigenvalue weighted by Crippen LogP contribution is -2.04. The van der Waals surface area contributed by atoms with E-state index in [1.54, 1.807) is 0 Å². The van der Waals surface area contributed by atoms with Crippen LogP contribution in [0.2, 0.25) is 5.02 Å². The molecular formula is C24H22ClNO3. The Morgan fingerprint density at radius 1 is 1.14 bits per heavy atom. The van der Waals surface area contributed by atoms with E-state index in [1.165, 1.54) is 5.56 Å². The molecule has 148 valence electrons. The average molecular weight is 408 g/mol. The van der Waals surface area contributed by atoms with Crippen LogP contribution in [0, 0.1) is 0 Å². The number of hydrogen-bond acceptors (Lipinski definition) is 3. The van der Waals surface area contributed by atoms with E-state index in [9.17, 15) is 4.79 Å². The summed E-state index contributed by atoms with van der Waals surface area (Å²) in [4.78, 5) is 15.7. The van der Waals surface area contributed by atoms with Crippen molar-refractivity contribution in [2.45, 2.75) is 31.6 Å². The van der Waals surface area contributed by atoms with Gasteiger partial charge in [-0.25, -0.2) is 0 Å². The lowest BCUT2D eigenvalue weighted by molar-refractivity contribution is -0.137. The number of nitrogens with zero attached hydrogens (tertiary/aromatic N) is 1. The Balaban J connectivity index is 1.37. The summed E-state index contributed by atoms with van der Waals surface area (Å²) < 4.78 is 5.94. The van der Waals surface area contributed by atoms with Gasteiger partial charge in [0.15, 0.2) is 0 Å². The second-order valence-corrected chi connectivity index (χ2v) is 7.75. The predicted molar refractivity (Wildman–Crippen MR) is 114 cm³/mol. The van der Waals surface area contributed by atoms with Crippen LogP contribution >= 0.6 is 11.6 Å². The molecule has 0 unspecified atom stereocenters. The van der Waals surface area contributed by atoms with E-state index in [4.69, 9.17) is 26.4 Å². The van der Waals surface area contributed by atoms with E-state index in [0.29, 0.717) is 18.1 Å². The van der Waals surface area contributed by atoms with Crippen molar-refractivity contribution in [3.05, 3.63) is 82.5 Å². The molecule has 0 saturated heterocycles. The number of carboxylic acids is 1. The molecule has 1 heterocycles. The predicted octanol–water partition coefficient (Wildman–Crippen LogP) is 5.53. The third-order valence-electron chi connectivity index (χ3n) is 5.31. The van der Waals surface area contributed by atoms with Crippen molar-refractivity contribution in [2.75, 3.05) is 6.61 Å². The number of pyridine rings is 1. The summed E-state index contributed by atoms with van der Waals surface area (Å²) in [5, 5.41) is 9.76. The lowest BCUT2D eigenvalue weighted by Gasteiger charge is -2.11. The van der Waals surface area contributed by atoms with Gasteiger partial charge >= 0.3 is 5.97 Å². The van der Waals surface area contributed by atoms with Gasteiger partial charge in [-0.3, -0.25) is 9.78 Å². The summed E-state index contributed by atoms with van der Waals surface area (Å²) in [6.07, 6.45) is 2.71. The first-order chi connectivity index (χ1) is 14.1. The van der Waals surface area contributed by atoms with Gasteiger partial charge in [-0.05, 0) is 66.3 Å². The molecule has 0 aliphatic heterocycles. The van der Waals surface area contributed by atoms with Crippen LogP contribution in [0.5, 0.6) is 5.75 Å². The Bertz CT molecular complexity index is 1020. The number of hydrogen-bond donors (Lipinski definition) is 1. The van der Waals surface area contributed by atoms with E-state index in [1.807, 2.05) is 54.6 Å². The van der Waals surface area contributed by atoms with Gasteiger partial charge in [-0.15, -0.1) is 0 Å². The molecule has 4 rings (SSSR count). The van der Waals surface area contributed by atoms with Crippen LogP contribution in [-0.4, -0.2) is 22.7 Å². The summed E-state index contributed by atoms with van der Waals surface area (Å²) in [6, 6.07) is 19.7. The standard InChI is InChI=1S/C24H22ClNO3/c25-19-8-6-16(7-9-19)23-3-1-2-20(26-23)12-13-29-21-10-11-22-17(14-21)4-5-18(22)15-24(27)28/h1-3,6-11,14,18H,4-5,12-13,15H2,(H,27,28)/t18-/m0/s1. The first-order valence-electron chi connectivity index (χ1n) is 9.78. The largest absolute Gasteiger partial charge is 0.493 e. The Morgan fingerprint density at radius 2 is 1.97 bits per heavy atom. The van der Waals surface area contributed by atoms with Gasteiger partial charge in [0.05, 0.1) is 18.7 Å². The van der Waals surface area contributed by atoms with Crippen LogP contribution in [0.1, 0.15) is 35.6 Å². The second-order valence-electron chi connectivity index (χ2n) is 7.31. The van der Waals surface area contributed by atoms with Gasteiger partial charge < -0.3 is 9.84 Å². The molecule has 3 aromatic rings. The van der Waals surface area contributed by atoms with E-state index in [-0.39, 0.29) is 12.3 Å². The van der Waals surface area contributed by atoms with E-state index in [0.717, 1.165) is 41.1 Å². The van der Waals surface area contributed by atoms with E-state index in [2.05, 4.69) is 6.07 Å². The third-order valence-corrected chi connectivity index (χ3v) is 5.56. The van der Waals surface area contributed by atoms with Gasteiger partial charge in [0.2, 0.25) is 0 Å². The molecule has 0 fully saturated rings. The number of rotatable bonds is 7. The molecule has 0 bridgehead atoms. The number of benzene rings is 2. The Kier molecular flexibility index (Phi) is 5.81. The molecule has 0 amide bonds.